The largest absolute Gasteiger partial charge is 0.462 e. The molecule has 0 fully saturated rings. The Kier molecular flexibility index (Phi) is 8.33. The second-order valence-electron chi connectivity index (χ2n) is 6.19. The van der Waals surface area contributed by atoms with Gasteiger partial charge in [-0.3, -0.25) is 4.79 Å². The molecular weight excluding hydrogens is 328 g/mol. The summed E-state index contributed by atoms with van der Waals surface area (Å²) in [4.78, 5) is 24.0. The van der Waals surface area contributed by atoms with Gasteiger partial charge in [0, 0.05) is 30.7 Å². The third kappa shape index (κ3) is 7.05. The van der Waals surface area contributed by atoms with Gasteiger partial charge in [-0.05, 0) is 31.0 Å². The Hall–Kier alpha value is -2.69. The molecule has 0 radical (unpaired) electrons. The predicted molar refractivity (Wildman–Crippen MR) is 101 cm³/mol. The molecule has 2 aromatic rings. The Morgan fingerprint density at radius 2 is 1.85 bits per heavy atom. The van der Waals surface area contributed by atoms with E-state index in [1.54, 1.807) is 24.3 Å². The first kappa shape index (κ1) is 19.6. The molecule has 0 aliphatic heterocycles. The van der Waals surface area contributed by atoms with E-state index in [0.29, 0.717) is 24.3 Å². The number of esters is 1. The fourth-order valence-electron chi connectivity index (χ4n) is 2.50. The van der Waals surface area contributed by atoms with E-state index >= 15 is 0 Å². The SMILES string of the molecule is CCCCOC(=O)c1cccc(NC(=O)CCCC[n+]2ccccc2)c1. The predicted octanol–water partition coefficient (Wildman–Crippen LogP) is 3.74. The van der Waals surface area contributed by atoms with Crippen LogP contribution in [0.1, 0.15) is 49.4 Å². The lowest BCUT2D eigenvalue weighted by molar-refractivity contribution is -0.697. The van der Waals surface area contributed by atoms with Crippen LogP contribution in [0, 0.1) is 0 Å². The quantitative estimate of drug-likeness (QED) is 0.401. The molecule has 1 aromatic carbocycles. The third-order valence-corrected chi connectivity index (χ3v) is 3.96. The number of rotatable bonds is 10. The molecule has 0 spiro atoms. The zero-order chi connectivity index (χ0) is 18.6. The van der Waals surface area contributed by atoms with Crippen molar-refractivity contribution < 1.29 is 18.9 Å². The normalized spacial score (nSPS) is 10.3. The Bertz CT molecular complexity index is 701. The molecule has 26 heavy (non-hydrogen) atoms. The number of benzene rings is 1. The van der Waals surface area contributed by atoms with Crippen LogP contribution in [0.2, 0.25) is 0 Å². The van der Waals surface area contributed by atoms with Gasteiger partial charge in [-0.1, -0.05) is 25.5 Å². The van der Waals surface area contributed by atoms with Gasteiger partial charge < -0.3 is 10.1 Å². The van der Waals surface area contributed by atoms with Crippen molar-refractivity contribution in [3.63, 3.8) is 0 Å². The molecular formula is C21H27N2O3+. The number of nitrogens with one attached hydrogen (secondary N) is 1. The van der Waals surface area contributed by atoms with Crippen molar-refractivity contribution in [2.24, 2.45) is 0 Å². The lowest BCUT2D eigenvalue weighted by Crippen LogP contribution is -2.32. The summed E-state index contributed by atoms with van der Waals surface area (Å²) in [5.74, 6) is -0.394. The monoisotopic (exact) mass is 355 g/mol. The van der Waals surface area contributed by atoms with Gasteiger partial charge >= 0.3 is 5.97 Å². The summed E-state index contributed by atoms with van der Waals surface area (Å²) in [6, 6.07) is 12.9. The van der Waals surface area contributed by atoms with E-state index in [4.69, 9.17) is 4.74 Å². The molecule has 0 aliphatic rings. The summed E-state index contributed by atoms with van der Waals surface area (Å²) in [7, 11) is 0. The summed E-state index contributed by atoms with van der Waals surface area (Å²) in [5.41, 5.74) is 1.08. The van der Waals surface area contributed by atoms with Gasteiger partial charge in [-0.15, -0.1) is 0 Å². The number of aromatic nitrogens is 1. The van der Waals surface area contributed by atoms with Crippen molar-refractivity contribution >= 4 is 17.6 Å². The van der Waals surface area contributed by atoms with Crippen molar-refractivity contribution in [2.75, 3.05) is 11.9 Å². The molecule has 5 nitrogen and oxygen atoms in total. The van der Waals surface area contributed by atoms with Gasteiger partial charge in [-0.2, -0.15) is 0 Å². The average molecular weight is 355 g/mol. The lowest BCUT2D eigenvalue weighted by Gasteiger charge is -2.08. The van der Waals surface area contributed by atoms with Crippen LogP contribution in [-0.2, 0) is 16.1 Å². The van der Waals surface area contributed by atoms with Gasteiger partial charge in [0.1, 0.15) is 6.54 Å². The second kappa shape index (κ2) is 11.0. The van der Waals surface area contributed by atoms with Crippen LogP contribution in [0.3, 0.4) is 0 Å². The number of anilines is 1. The molecule has 0 aliphatic carbocycles. The van der Waals surface area contributed by atoms with Crippen LogP contribution in [-0.4, -0.2) is 18.5 Å². The van der Waals surface area contributed by atoms with Crippen LogP contribution in [0.15, 0.2) is 54.9 Å². The first-order valence-corrected chi connectivity index (χ1v) is 9.20. The van der Waals surface area contributed by atoms with Crippen LogP contribution in [0.4, 0.5) is 5.69 Å². The number of pyridine rings is 1. The summed E-state index contributed by atoms with van der Waals surface area (Å²) >= 11 is 0. The van der Waals surface area contributed by atoms with E-state index in [1.807, 2.05) is 37.5 Å². The molecule has 0 saturated heterocycles. The van der Waals surface area contributed by atoms with Gasteiger partial charge in [0.2, 0.25) is 5.91 Å². The standard InChI is InChI=1S/C21H26N2O3/c1-2-3-16-26-21(25)18-10-9-11-19(17-18)22-20(24)12-5-8-15-23-13-6-4-7-14-23/h4,6-7,9-11,13-14,17H,2-3,5,8,12,15-16H2,1H3/p+1. The van der Waals surface area contributed by atoms with E-state index < -0.39 is 0 Å². The topological polar surface area (TPSA) is 59.3 Å². The Morgan fingerprint density at radius 1 is 1.04 bits per heavy atom. The number of nitrogens with zero attached hydrogens (tertiary/aromatic N) is 1. The molecule has 0 atom stereocenters. The van der Waals surface area contributed by atoms with Crippen LogP contribution >= 0.6 is 0 Å². The molecule has 0 unspecified atom stereocenters. The summed E-state index contributed by atoms with van der Waals surface area (Å²) < 4.78 is 7.30. The smallest absolute Gasteiger partial charge is 0.338 e. The minimum atomic E-state index is -0.352. The summed E-state index contributed by atoms with van der Waals surface area (Å²) in [6.45, 7) is 3.36. The fourth-order valence-corrected chi connectivity index (χ4v) is 2.50. The third-order valence-electron chi connectivity index (χ3n) is 3.96. The number of aryl methyl sites for hydroxylation is 1. The van der Waals surface area contributed by atoms with Crippen molar-refractivity contribution in [3.05, 3.63) is 60.4 Å². The number of carbonyl (C=O) groups excluding carboxylic acids is 2. The highest BCUT2D eigenvalue weighted by Crippen LogP contribution is 2.13. The van der Waals surface area contributed by atoms with E-state index in [1.165, 1.54) is 0 Å². The number of ether oxygens (including phenoxy) is 1. The molecule has 1 amide bonds. The molecule has 1 aromatic heterocycles. The highest BCUT2D eigenvalue weighted by Gasteiger charge is 2.09. The number of hydrogen-bond donors (Lipinski definition) is 1. The van der Waals surface area contributed by atoms with Gasteiger partial charge in [-0.25, -0.2) is 9.36 Å². The maximum atomic E-state index is 12.1. The van der Waals surface area contributed by atoms with E-state index in [9.17, 15) is 9.59 Å². The first-order valence-electron chi connectivity index (χ1n) is 9.20. The minimum Gasteiger partial charge on any atom is -0.462 e. The number of hydrogen-bond acceptors (Lipinski definition) is 3. The molecule has 0 bridgehead atoms. The van der Waals surface area contributed by atoms with E-state index in [0.717, 1.165) is 32.2 Å². The molecule has 0 saturated carbocycles. The minimum absolute atomic E-state index is 0.0421. The lowest BCUT2D eigenvalue weighted by atomic mass is 10.2. The van der Waals surface area contributed by atoms with Crippen molar-refractivity contribution in [2.45, 2.75) is 45.6 Å². The highest BCUT2D eigenvalue weighted by molar-refractivity contribution is 5.94. The van der Waals surface area contributed by atoms with Crippen LogP contribution < -0.4 is 9.88 Å². The van der Waals surface area contributed by atoms with E-state index in [-0.39, 0.29) is 11.9 Å². The van der Waals surface area contributed by atoms with Crippen molar-refractivity contribution in [1.82, 2.24) is 0 Å². The molecule has 1 heterocycles. The molecule has 5 heteroatoms. The maximum absolute atomic E-state index is 12.1. The van der Waals surface area contributed by atoms with Crippen molar-refractivity contribution in [1.29, 1.82) is 0 Å². The molecule has 1 N–H and O–H groups in total. The first-order chi connectivity index (χ1) is 12.7. The van der Waals surface area contributed by atoms with Gasteiger partial charge in [0.05, 0.1) is 12.2 Å². The maximum Gasteiger partial charge on any atom is 0.338 e. The Morgan fingerprint density at radius 3 is 2.62 bits per heavy atom. The average Bonchev–Trinajstić information content (AvgIpc) is 2.66. The zero-order valence-corrected chi connectivity index (χ0v) is 15.3. The molecule has 2 rings (SSSR count). The fraction of sp³-hybridized carbons (Fsp3) is 0.381. The number of amides is 1. The highest BCUT2D eigenvalue weighted by atomic mass is 16.5. The molecule has 138 valence electrons. The number of unbranched alkanes of at least 4 members (excludes halogenated alkanes) is 2. The van der Waals surface area contributed by atoms with Gasteiger partial charge in [0.25, 0.3) is 0 Å². The number of carbonyl (C=O) groups is 2. The van der Waals surface area contributed by atoms with Crippen LogP contribution in [0.25, 0.3) is 0 Å². The Labute approximate surface area is 155 Å². The summed E-state index contributed by atoms with van der Waals surface area (Å²) in [5, 5.41) is 2.85. The summed E-state index contributed by atoms with van der Waals surface area (Å²) in [6.07, 6.45) is 8.07. The van der Waals surface area contributed by atoms with Gasteiger partial charge in [0.15, 0.2) is 12.4 Å². The van der Waals surface area contributed by atoms with Crippen molar-refractivity contribution in [3.8, 4) is 0 Å². The Balaban J connectivity index is 1.74. The zero-order valence-electron chi connectivity index (χ0n) is 15.3. The van der Waals surface area contributed by atoms with Crippen LogP contribution in [0.5, 0.6) is 0 Å². The van der Waals surface area contributed by atoms with E-state index in [2.05, 4.69) is 9.88 Å². The second-order valence-corrected chi connectivity index (χ2v) is 6.19.